The van der Waals surface area contributed by atoms with Crippen LogP contribution in [0, 0.1) is 0 Å². The van der Waals surface area contributed by atoms with Crippen molar-refractivity contribution in [3.63, 3.8) is 0 Å². The van der Waals surface area contributed by atoms with Gasteiger partial charge in [-0.25, -0.2) is 0 Å². The first-order chi connectivity index (χ1) is 14.1. The highest BCUT2D eigenvalue weighted by Crippen LogP contribution is 2.36. The highest BCUT2D eigenvalue weighted by molar-refractivity contribution is 8.26. The number of carbonyl (C=O) groups is 2. The molecule has 6 nitrogen and oxygen atoms in total. The zero-order chi connectivity index (χ0) is 20.2. The lowest BCUT2D eigenvalue weighted by molar-refractivity contribution is -0.122. The summed E-state index contributed by atoms with van der Waals surface area (Å²) in [6, 6.07) is 14.8. The van der Waals surface area contributed by atoms with Gasteiger partial charge in [0.25, 0.3) is 5.91 Å². The Kier molecular flexibility index (Phi) is 5.82. The molecule has 0 unspecified atom stereocenters. The highest BCUT2D eigenvalue weighted by Gasteiger charge is 2.31. The van der Waals surface area contributed by atoms with Crippen LogP contribution in [0.3, 0.4) is 0 Å². The van der Waals surface area contributed by atoms with Crippen molar-refractivity contribution in [3.05, 3.63) is 59.0 Å². The van der Waals surface area contributed by atoms with Crippen molar-refractivity contribution in [1.82, 2.24) is 4.90 Å². The second kappa shape index (κ2) is 8.67. The molecule has 148 valence electrons. The number of para-hydroxylation sites is 1. The summed E-state index contributed by atoms with van der Waals surface area (Å²) in [5.74, 6) is 1.14. The topological polar surface area (TPSA) is 67.9 Å². The lowest BCUT2D eigenvalue weighted by Crippen LogP contribution is -2.29. The summed E-state index contributed by atoms with van der Waals surface area (Å²) in [6.45, 7) is 0.615. The fourth-order valence-corrected chi connectivity index (χ4v) is 4.30. The van der Waals surface area contributed by atoms with Crippen molar-refractivity contribution >= 4 is 51.9 Å². The molecule has 2 aromatic carbocycles. The Hall–Kier alpha value is -2.84. The Balaban J connectivity index is 1.33. The van der Waals surface area contributed by atoms with E-state index in [0.29, 0.717) is 40.1 Å². The number of ether oxygens (including phenoxy) is 2. The number of fused-ring (bicyclic) bond motifs is 1. The van der Waals surface area contributed by atoms with Crippen LogP contribution in [0.2, 0.25) is 0 Å². The molecule has 1 saturated heterocycles. The molecule has 2 aliphatic heterocycles. The Morgan fingerprint density at radius 3 is 2.79 bits per heavy atom. The van der Waals surface area contributed by atoms with E-state index in [-0.39, 0.29) is 18.6 Å². The third-order valence-electron chi connectivity index (χ3n) is 4.41. The zero-order valence-electron chi connectivity index (χ0n) is 15.4. The number of nitrogens with one attached hydrogen (secondary N) is 1. The molecule has 29 heavy (non-hydrogen) atoms. The highest BCUT2D eigenvalue weighted by atomic mass is 32.2. The number of nitrogens with zero attached hydrogens (tertiary/aromatic N) is 1. The molecule has 0 aromatic heterocycles. The maximum absolute atomic E-state index is 12.7. The molecule has 2 amide bonds. The van der Waals surface area contributed by atoms with Gasteiger partial charge >= 0.3 is 0 Å². The first kappa shape index (κ1) is 19.5. The second-order valence-corrected chi connectivity index (χ2v) is 8.14. The molecule has 0 aliphatic carbocycles. The number of thiocarbonyl (C=S) groups is 1. The van der Waals surface area contributed by atoms with E-state index < -0.39 is 0 Å². The molecule has 0 bridgehead atoms. The van der Waals surface area contributed by atoms with E-state index in [0.717, 1.165) is 11.3 Å². The summed E-state index contributed by atoms with van der Waals surface area (Å²) in [4.78, 5) is 26.9. The standard InChI is InChI=1S/C21H18N2O4S2/c24-19(22-15-5-2-1-3-6-15)7-4-10-23-20(25)18(29-21(23)28)12-14-8-9-16-17(11-14)27-13-26-16/h1-3,5-6,8-9,11-12H,4,7,10,13H2,(H,22,24)/b18-12-. The fraction of sp³-hybridized carbons (Fsp3) is 0.190. The van der Waals surface area contributed by atoms with Gasteiger partial charge in [-0.1, -0.05) is 48.2 Å². The fourth-order valence-electron chi connectivity index (χ4n) is 2.99. The van der Waals surface area contributed by atoms with Gasteiger partial charge in [0.2, 0.25) is 12.7 Å². The van der Waals surface area contributed by atoms with E-state index in [1.54, 1.807) is 11.0 Å². The van der Waals surface area contributed by atoms with Gasteiger partial charge in [0, 0.05) is 18.7 Å². The molecule has 0 spiro atoms. The average molecular weight is 427 g/mol. The van der Waals surface area contributed by atoms with Gasteiger partial charge in [-0.15, -0.1) is 0 Å². The molecule has 2 aliphatic rings. The van der Waals surface area contributed by atoms with Crippen LogP contribution in [-0.4, -0.2) is 34.4 Å². The summed E-state index contributed by atoms with van der Waals surface area (Å²) in [5, 5.41) is 2.84. The summed E-state index contributed by atoms with van der Waals surface area (Å²) >= 11 is 6.62. The third kappa shape index (κ3) is 4.60. The van der Waals surface area contributed by atoms with Crippen LogP contribution in [0.25, 0.3) is 6.08 Å². The van der Waals surface area contributed by atoms with Crippen LogP contribution in [-0.2, 0) is 9.59 Å². The molecule has 2 heterocycles. The van der Waals surface area contributed by atoms with Crippen molar-refractivity contribution < 1.29 is 19.1 Å². The smallest absolute Gasteiger partial charge is 0.266 e. The number of amides is 2. The van der Waals surface area contributed by atoms with Gasteiger partial charge in [0.05, 0.1) is 4.91 Å². The molecular weight excluding hydrogens is 408 g/mol. The van der Waals surface area contributed by atoms with E-state index in [9.17, 15) is 9.59 Å². The van der Waals surface area contributed by atoms with Crippen LogP contribution < -0.4 is 14.8 Å². The van der Waals surface area contributed by atoms with Crippen LogP contribution >= 0.6 is 24.0 Å². The van der Waals surface area contributed by atoms with E-state index >= 15 is 0 Å². The largest absolute Gasteiger partial charge is 0.454 e. The van der Waals surface area contributed by atoms with Crippen molar-refractivity contribution in [1.29, 1.82) is 0 Å². The van der Waals surface area contributed by atoms with E-state index in [4.69, 9.17) is 21.7 Å². The van der Waals surface area contributed by atoms with Crippen LogP contribution in [0.5, 0.6) is 11.5 Å². The van der Waals surface area contributed by atoms with Crippen LogP contribution in [0.1, 0.15) is 18.4 Å². The normalized spacial score (nSPS) is 16.6. The molecule has 1 N–H and O–H groups in total. The van der Waals surface area contributed by atoms with Gasteiger partial charge in [0.1, 0.15) is 4.32 Å². The van der Waals surface area contributed by atoms with Gasteiger partial charge in [-0.2, -0.15) is 0 Å². The number of thioether (sulfide) groups is 1. The minimum Gasteiger partial charge on any atom is -0.454 e. The first-order valence-electron chi connectivity index (χ1n) is 9.10. The van der Waals surface area contributed by atoms with Crippen molar-refractivity contribution in [2.24, 2.45) is 0 Å². The number of carbonyl (C=O) groups excluding carboxylic acids is 2. The Bertz CT molecular complexity index is 991. The zero-order valence-corrected chi connectivity index (χ0v) is 17.1. The SMILES string of the molecule is O=C(CCCN1C(=O)/C(=C/c2ccc3c(c2)OCO3)SC1=S)Nc1ccccc1. The van der Waals surface area contributed by atoms with Gasteiger partial charge < -0.3 is 14.8 Å². The average Bonchev–Trinajstić information content (AvgIpc) is 3.28. The van der Waals surface area contributed by atoms with Crippen LogP contribution in [0.15, 0.2) is 53.4 Å². The predicted octanol–water partition coefficient (Wildman–Crippen LogP) is 4.04. The van der Waals surface area contributed by atoms with E-state index in [2.05, 4.69) is 5.32 Å². The Morgan fingerprint density at radius 2 is 1.97 bits per heavy atom. The van der Waals surface area contributed by atoms with Crippen molar-refractivity contribution in [3.8, 4) is 11.5 Å². The minimum absolute atomic E-state index is 0.0856. The number of hydrogen-bond acceptors (Lipinski definition) is 6. The molecule has 2 aromatic rings. The Labute approximate surface area is 177 Å². The Morgan fingerprint density at radius 1 is 1.17 bits per heavy atom. The van der Waals surface area contributed by atoms with Gasteiger partial charge in [0.15, 0.2) is 11.5 Å². The quantitative estimate of drug-likeness (QED) is 0.556. The minimum atomic E-state index is -0.138. The second-order valence-electron chi connectivity index (χ2n) is 6.46. The van der Waals surface area contributed by atoms with Gasteiger partial charge in [-0.05, 0) is 42.3 Å². The summed E-state index contributed by atoms with van der Waals surface area (Å²) in [5.41, 5.74) is 1.60. The number of benzene rings is 2. The van der Waals surface area contributed by atoms with E-state index in [1.807, 2.05) is 48.5 Å². The van der Waals surface area contributed by atoms with E-state index in [1.165, 1.54) is 11.8 Å². The summed E-state index contributed by atoms with van der Waals surface area (Å²) in [6.07, 6.45) is 2.64. The van der Waals surface area contributed by atoms with Crippen LogP contribution in [0.4, 0.5) is 5.69 Å². The predicted molar refractivity (Wildman–Crippen MR) is 117 cm³/mol. The molecule has 1 fully saturated rings. The number of rotatable bonds is 6. The molecule has 8 heteroatoms. The summed E-state index contributed by atoms with van der Waals surface area (Å²) in [7, 11) is 0. The molecule has 0 atom stereocenters. The number of hydrogen-bond donors (Lipinski definition) is 1. The lowest BCUT2D eigenvalue weighted by Gasteiger charge is -2.14. The first-order valence-corrected chi connectivity index (χ1v) is 10.3. The molecule has 4 rings (SSSR count). The van der Waals surface area contributed by atoms with Crippen molar-refractivity contribution in [2.75, 3.05) is 18.7 Å². The maximum Gasteiger partial charge on any atom is 0.266 e. The lowest BCUT2D eigenvalue weighted by atomic mass is 10.2. The third-order valence-corrected chi connectivity index (χ3v) is 5.79. The molecule has 0 saturated carbocycles. The summed E-state index contributed by atoms with van der Waals surface area (Å²) < 4.78 is 11.2. The number of anilines is 1. The monoisotopic (exact) mass is 426 g/mol. The molecular formula is C21H18N2O4S2. The maximum atomic E-state index is 12.7. The van der Waals surface area contributed by atoms with Gasteiger partial charge in [-0.3, -0.25) is 14.5 Å². The molecule has 0 radical (unpaired) electrons. The van der Waals surface area contributed by atoms with Crippen molar-refractivity contribution in [2.45, 2.75) is 12.8 Å².